The number of carbonyl (C=O) groups excluding carboxylic acids is 1. The molecule has 3 aromatic rings. The van der Waals surface area contributed by atoms with Crippen molar-refractivity contribution in [3.05, 3.63) is 64.5 Å². The lowest BCUT2D eigenvalue weighted by atomic mass is 10.1. The average Bonchev–Trinajstić information content (AvgIpc) is 3.10. The third kappa shape index (κ3) is 5.76. The first-order valence-electron chi connectivity index (χ1n) is 8.57. The minimum atomic E-state index is -3.92. The number of esters is 1. The Morgan fingerprint density at radius 3 is 2.03 bits per heavy atom. The van der Waals surface area contributed by atoms with Crippen molar-refractivity contribution in [1.29, 1.82) is 0 Å². The van der Waals surface area contributed by atoms with Crippen LogP contribution in [0.3, 0.4) is 0 Å². The summed E-state index contributed by atoms with van der Waals surface area (Å²) in [5.74, 6) is -0.526. The molecule has 0 aliphatic rings. The van der Waals surface area contributed by atoms with E-state index in [1.807, 2.05) is 0 Å². The molecular weight excluding hydrogens is 484 g/mol. The first kappa shape index (κ1) is 23.1. The van der Waals surface area contributed by atoms with Crippen LogP contribution in [0, 0.1) is 0 Å². The van der Waals surface area contributed by atoms with Gasteiger partial charge in [0.05, 0.1) is 18.9 Å². The standard InChI is InChI=1S/C19H17ClN2O6S3/c1-28-19(23)13-5-9-15(10-6-13)22-31(26,27)17-11-16(18(20)29-17)12-3-7-14(8-4-12)21-30(2,24)25/h3-11,21-22H,1-2H3. The van der Waals surface area contributed by atoms with E-state index in [1.165, 1.54) is 37.4 Å². The summed E-state index contributed by atoms with van der Waals surface area (Å²) in [4.78, 5) is 11.5. The van der Waals surface area contributed by atoms with Crippen molar-refractivity contribution in [2.45, 2.75) is 4.21 Å². The monoisotopic (exact) mass is 500 g/mol. The summed E-state index contributed by atoms with van der Waals surface area (Å²) in [5.41, 5.74) is 2.07. The molecule has 2 N–H and O–H groups in total. The number of halogens is 1. The summed E-state index contributed by atoms with van der Waals surface area (Å²) in [6.07, 6.45) is 1.05. The summed E-state index contributed by atoms with van der Waals surface area (Å²) in [6.45, 7) is 0. The van der Waals surface area contributed by atoms with Crippen molar-refractivity contribution in [3.63, 3.8) is 0 Å². The smallest absolute Gasteiger partial charge is 0.337 e. The summed E-state index contributed by atoms with van der Waals surface area (Å²) in [6, 6.07) is 13.6. The van der Waals surface area contributed by atoms with Gasteiger partial charge < -0.3 is 4.74 Å². The molecule has 0 atom stereocenters. The van der Waals surface area contributed by atoms with Gasteiger partial charge in [-0.15, -0.1) is 11.3 Å². The van der Waals surface area contributed by atoms with Crippen molar-refractivity contribution >= 4 is 60.3 Å². The van der Waals surface area contributed by atoms with Gasteiger partial charge in [0.15, 0.2) is 0 Å². The Bertz CT molecular complexity index is 1320. The van der Waals surface area contributed by atoms with E-state index in [0.29, 0.717) is 22.4 Å². The van der Waals surface area contributed by atoms with Gasteiger partial charge in [0.25, 0.3) is 10.0 Å². The van der Waals surface area contributed by atoms with Crippen LogP contribution in [0.5, 0.6) is 0 Å². The Kier molecular flexibility index (Phi) is 6.60. The van der Waals surface area contributed by atoms with E-state index in [1.54, 1.807) is 24.3 Å². The molecule has 12 heteroatoms. The van der Waals surface area contributed by atoms with Crippen molar-refractivity contribution in [1.82, 2.24) is 0 Å². The quantitative estimate of drug-likeness (QED) is 0.473. The number of thiophene rings is 1. The van der Waals surface area contributed by atoms with Crippen LogP contribution in [0.25, 0.3) is 11.1 Å². The fourth-order valence-electron chi connectivity index (χ4n) is 2.61. The lowest BCUT2D eigenvalue weighted by Gasteiger charge is -2.07. The average molecular weight is 501 g/mol. The van der Waals surface area contributed by atoms with Crippen LogP contribution in [-0.4, -0.2) is 36.2 Å². The molecule has 0 aliphatic carbocycles. The topological polar surface area (TPSA) is 119 Å². The van der Waals surface area contributed by atoms with Crippen LogP contribution in [0.2, 0.25) is 4.34 Å². The number of hydrogen-bond donors (Lipinski definition) is 2. The number of rotatable bonds is 7. The highest BCUT2D eigenvalue weighted by atomic mass is 35.5. The van der Waals surface area contributed by atoms with E-state index in [2.05, 4.69) is 14.2 Å². The van der Waals surface area contributed by atoms with Crippen LogP contribution in [0.15, 0.2) is 58.8 Å². The molecule has 0 saturated heterocycles. The van der Waals surface area contributed by atoms with E-state index in [-0.39, 0.29) is 14.2 Å². The molecule has 0 radical (unpaired) electrons. The molecule has 164 valence electrons. The molecule has 2 aromatic carbocycles. The van der Waals surface area contributed by atoms with Crippen molar-refractivity contribution in [3.8, 4) is 11.1 Å². The maximum Gasteiger partial charge on any atom is 0.337 e. The molecule has 3 rings (SSSR count). The zero-order valence-corrected chi connectivity index (χ0v) is 19.5. The predicted octanol–water partition coefficient (Wildman–Crippen LogP) is 4.03. The van der Waals surface area contributed by atoms with Crippen molar-refractivity contribution < 1.29 is 26.4 Å². The van der Waals surface area contributed by atoms with Crippen LogP contribution >= 0.6 is 22.9 Å². The summed E-state index contributed by atoms with van der Waals surface area (Å²) in [5, 5.41) is 0. The van der Waals surface area contributed by atoms with E-state index in [4.69, 9.17) is 11.6 Å². The number of hydrogen-bond acceptors (Lipinski definition) is 7. The molecule has 0 saturated carbocycles. The molecular formula is C19H17ClN2O6S3. The summed E-state index contributed by atoms with van der Waals surface area (Å²) in [7, 11) is -6.07. The Morgan fingerprint density at radius 1 is 0.935 bits per heavy atom. The number of nitrogens with one attached hydrogen (secondary N) is 2. The van der Waals surface area contributed by atoms with Gasteiger partial charge in [0, 0.05) is 16.9 Å². The minimum absolute atomic E-state index is 0.00267. The molecule has 0 spiro atoms. The zero-order valence-electron chi connectivity index (χ0n) is 16.2. The largest absolute Gasteiger partial charge is 0.465 e. The molecule has 0 unspecified atom stereocenters. The molecule has 1 heterocycles. The normalized spacial score (nSPS) is 11.7. The van der Waals surface area contributed by atoms with Gasteiger partial charge in [-0.2, -0.15) is 0 Å². The van der Waals surface area contributed by atoms with Gasteiger partial charge in [-0.25, -0.2) is 21.6 Å². The molecule has 0 bridgehead atoms. The number of anilines is 2. The fraction of sp³-hybridized carbons (Fsp3) is 0.105. The molecule has 0 fully saturated rings. The van der Waals surface area contributed by atoms with Crippen LogP contribution in [0.1, 0.15) is 10.4 Å². The SMILES string of the molecule is COC(=O)c1ccc(NS(=O)(=O)c2cc(-c3ccc(NS(C)(=O)=O)cc3)c(Cl)s2)cc1. The lowest BCUT2D eigenvalue weighted by molar-refractivity contribution is 0.0600. The Morgan fingerprint density at radius 2 is 1.48 bits per heavy atom. The van der Waals surface area contributed by atoms with E-state index in [9.17, 15) is 21.6 Å². The molecule has 0 aliphatic heterocycles. The van der Waals surface area contributed by atoms with E-state index < -0.39 is 26.0 Å². The highest BCUT2D eigenvalue weighted by Crippen LogP contribution is 2.38. The minimum Gasteiger partial charge on any atom is -0.465 e. The highest BCUT2D eigenvalue weighted by molar-refractivity contribution is 7.94. The summed E-state index contributed by atoms with van der Waals surface area (Å²) < 4.78 is 57.8. The number of ether oxygens (including phenoxy) is 1. The Balaban J connectivity index is 1.83. The van der Waals surface area contributed by atoms with Gasteiger partial charge in [0.1, 0.15) is 8.55 Å². The molecule has 31 heavy (non-hydrogen) atoms. The Labute approximate surface area is 188 Å². The molecule has 1 aromatic heterocycles. The predicted molar refractivity (Wildman–Crippen MR) is 122 cm³/mol. The van der Waals surface area contributed by atoms with Crippen molar-refractivity contribution in [2.24, 2.45) is 0 Å². The number of benzene rings is 2. The molecule has 0 amide bonds. The van der Waals surface area contributed by atoms with E-state index in [0.717, 1.165) is 17.6 Å². The highest BCUT2D eigenvalue weighted by Gasteiger charge is 2.21. The number of carbonyl (C=O) groups is 1. The maximum atomic E-state index is 12.8. The van der Waals surface area contributed by atoms with E-state index >= 15 is 0 Å². The number of sulfonamides is 2. The Hall–Kier alpha value is -2.60. The lowest BCUT2D eigenvalue weighted by Crippen LogP contribution is -2.11. The maximum absolute atomic E-state index is 12.8. The van der Waals surface area contributed by atoms with Crippen LogP contribution in [0.4, 0.5) is 11.4 Å². The fourth-order valence-corrected chi connectivity index (χ4v) is 5.99. The van der Waals surface area contributed by atoms with Gasteiger partial charge in [-0.3, -0.25) is 9.44 Å². The van der Waals surface area contributed by atoms with Crippen molar-refractivity contribution in [2.75, 3.05) is 22.8 Å². The van der Waals surface area contributed by atoms with Crippen LogP contribution < -0.4 is 9.44 Å². The first-order valence-corrected chi connectivity index (χ1v) is 13.1. The second-order valence-electron chi connectivity index (χ2n) is 6.38. The van der Waals surface area contributed by atoms with Crippen LogP contribution in [-0.2, 0) is 24.8 Å². The second kappa shape index (κ2) is 8.87. The van der Waals surface area contributed by atoms with Gasteiger partial charge in [-0.05, 0) is 48.0 Å². The molecule has 8 nitrogen and oxygen atoms in total. The third-order valence-corrected chi connectivity index (χ3v) is 7.81. The van der Waals surface area contributed by atoms with Gasteiger partial charge >= 0.3 is 5.97 Å². The van der Waals surface area contributed by atoms with Gasteiger partial charge in [0.2, 0.25) is 10.0 Å². The first-order chi connectivity index (χ1) is 14.5. The number of methoxy groups -OCH3 is 1. The third-order valence-electron chi connectivity index (χ3n) is 3.99. The summed E-state index contributed by atoms with van der Waals surface area (Å²) >= 11 is 7.16. The van der Waals surface area contributed by atoms with Gasteiger partial charge in [-0.1, -0.05) is 23.7 Å². The zero-order chi connectivity index (χ0) is 22.8. The second-order valence-corrected chi connectivity index (χ2v) is 11.7.